The molecule has 2 rings (SSSR count). The van der Waals surface area contributed by atoms with Crippen LogP contribution in [0.5, 0.6) is 0 Å². The minimum atomic E-state index is -0.0903. The molecule has 3 nitrogen and oxygen atoms in total. The van der Waals surface area contributed by atoms with Gasteiger partial charge in [-0.05, 0) is 55.1 Å². The maximum absolute atomic E-state index is 12.2. The molecule has 116 valence electrons. The predicted octanol–water partition coefficient (Wildman–Crippen LogP) is 4.54. The molecule has 0 saturated heterocycles. The second-order valence-electron chi connectivity index (χ2n) is 5.12. The van der Waals surface area contributed by atoms with Crippen LogP contribution >= 0.6 is 15.9 Å². The molecule has 0 aliphatic rings. The first-order valence-electron chi connectivity index (χ1n) is 7.50. The molecule has 4 heteroatoms. The fourth-order valence-corrected chi connectivity index (χ4v) is 2.52. The summed E-state index contributed by atoms with van der Waals surface area (Å²) in [7, 11) is 0. The molecule has 0 aromatic heterocycles. The quantitative estimate of drug-likeness (QED) is 0.819. The lowest BCUT2D eigenvalue weighted by Gasteiger charge is -2.18. The van der Waals surface area contributed by atoms with Gasteiger partial charge in [-0.25, -0.2) is 0 Å². The van der Waals surface area contributed by atoms with Gasteiger partial charge in [-0.1, -0.05) is 41.9 Å². The maximum Gasteiger partial charge on any atom is 0.255 e. The summed E-state index contributed by atoms with van der Waals surface area (Å²) in [5.74, 6) is -0.0903. The van der Waals surface area contributed by atoms with Gasteiger partial charge in [0.2, 0.25) is 0 Å². The molecule has 1 N–H and O–H groups in total. The van der Waals surface area contributed by atoms with Crippen LogP contribution in [0.2, 0.25) is 0 Å². The van der Waals surface area contributed by atoms with E-state index in [4.69, 9.17) is 0 Å². The highest BCUT2D eigenvalue weighted by atomic mass is 79.9. The number of nitrogens with one attached hydrogen (secondary N) is 1. The van der Waals surface area contributed by atoms with Crippen LogP contribution in [0.4, 0.5) is 5.69 Å². The Bertz CT molecular complexity index is 621. The number of hydrogen-bond acceptors (Lipinski definition) is 2. The Morgan fingerprint density at radius 3 is 2.41 bits per heavy atom. The molecule has 0 heterocycles. The zero-order chi connectivity index (χ0) is 15.9. The van der Waals surface area contributed by atoms with Crippen molar-refractivity contribution >= 4 is 27.5 Å². The van der Waals surface area contributed by atoms with Gasteiger partial charge < -0.3 is 5.32 Å². The van der Waals surface area contributed by atoms with E-state index in [2.05, 4.69) is 46.1 Å². The van der Waals surface area contributed by atoms with E-state index < -0.39 is 0 Å². The average molecular weight is 361 g/mol. The van der Waals surface area contributed by atoms with E-state index in [1.165, 1.54) is 5.56 Å². The van der Waals surface area contributed by atoms with Gasteiger partial charge in [-0.15, -0.1) is 0 Å². The Morgan fingerprint density at radius 2 is 1.77 bits per heavy atom. The molecule has 0 radical (unpaired) electrons. The highest BCUT2D eigenvalue weighted by Crippen LogP contribution is 2.15. The van der Waals surface area contributed by atoms with E-state index >= 15 is 0 Å². The summed E-state index contributed by atoms with van der Waals surface area (Å²) in [5.41, 5.74) is 2.69. The first kappa shape index (κ1) is 16.7. The number of carbonyl (C=O) groups is 1. The minimum Gasteiger partial charge on any atom is -0.322 e. The van der Waals surface area contributed by atoms with Crippen LogP contribution in [-0.4, -0.2) is 23.9 Å². The van der Waals surface area contributed by atoms with Crippen molar-refractivity contribution in [1.82, 2.24) is 4.90 Å². The molecule has 0 bridgehead atoms. The number of hydrogen-bond donors (Lipinski definition) is 1. The number of carbonyl (C=O) groups excluding carboxylic acids is 1. The molecule has 22 heavy (non-hydrogen) atoms. The highest BCUT2D eigenvalue weighted by molar-refractivity contribution is 9.10. The Hall–Kier alpha value is -1.65. The lowest BCUT2D eigenvalue weighted by molar-refractivity contribution is 0.102. The Kier molecular flexibility index (Phi) is 6.16. The summed E-state index contributed by atoms with van der Waals surface area (Å²) >= 11 is 3.37. The van der Waals surface area contributed by atoms with E-state index in [1.807, 2.05) is 30.3 Å². The summed E-state index contributed by atoms with van der Waals surface area (Å²) in [6, 6.07) is 15.4. The first-order valence-corrected chi connectivity index (χ1v) is 8.30. The van der Waals surface area contributed by atoms with Gasteiger partial charge in [0.05, 0.1) is 0 Å². The molecule has 0 unspecified atom stereocenters. The van der Waals surface area contributed by atoms with E-state index in [0.29, 0.717) is 5.56 Å². The van der Waals surface area contributed by atoms with Crippen molar-refractivity contribution in [3.8, 4) is 0 Å². The molecule has 0 atom stereocenters. The summed E-state index contributed by atoms with van der Waals surface area (Å²) in [6.07, 6.45) is 0. The predicted molar refractivity (Wildman–Crippen MR) is 95.2 cm³/mol. The molecule has 1 amide bonds. The Morgan fingerprint density at radius 1 is 1.09 bits per heavy atom. The summed E-state index contributed by atoms with van der Waals surface area (Å²) in [5, 5.41) is 2.95. The smallest absolute Gasteiger partial charge is 0.255 e. The lowest BCUT2D eigenvalue weighted by atomic mass is 10.1. The van der Waals surface area contributed by atoms with Crippen LogP contribution in [0.3, 0.4) is 0 Å². The standard InChI is InChI=1S/C18H21BrN2O/c1-3-21(4-2)13-14-6-5-7-17(12-14)20-18(22)15-8-10-16(19)11-9-15/h5-12H,3-4,13H2,1-2H3,(H,20,22). The Balaban J connectivity index is 2.06. The van der Waals surface area contributed by atoms with Gasteiger partial charge in [0.1, 0.15) is 0 Å². The van der Waals surface area contributed by atoms with Gasteiger partial charge in [0.15, 0.2) is 0 Å². The molecule has 0 aliphatic carbocycles. The average Bonchev–Trinajstić information content (AvgIpc) is 2.53. The molecule has 0 spiro atoms. The van der Waals surface area contributed by atoms with Crippen molar-refractivity contribution in [3.05, 3.63) is 64.1 Å². The van der Waals surface area contributed by atoms with Crippen LogP contribution in [0.15, 0.2) is 53.0 Å². The molecule has 0 aliphatic heterocycles. The van der Waals surface area contributed by atoms with Crippen LogP contribution in [0.1, 0.15) is 29.8 Å². The number of halogens is 1. The molecule has 2 aromatic rings. The fourth-order valence-electron chi connectivity index (χ4n) is 2.26. The second kappa shape index (κ2) is 8.11. The monoisotopic (exact) mass is 360 g/mol. The van der Waals surface area contributed by atoms with Crippen LogP contribution in [-0.2, 0) is 6.54 Å². The number of rotatable bonds is 6. The van der Waals surface area contributed by atoms with Crippen LogP contribution < -0.4 is 5.32 Å². The molecule has 2 aromatic carbocycles. The van der Waals surface area contributed by atoms with Gasteiger partial charge in [0, 0.05) is 22.3 Å². The maximum atomic E-state index is 12.2. The van der Waals surface area contributed by atoms with Gasteiger partial charge in [0.25, 0.3) is 5.91 Å². The third-order valence-electron chi connectivity index (χ3n) is 3.59. The van der Waals surface area contributed by atoms with Crippen molar-refractivity contribution in [3.63, 3.8) is 0 Å². The number of amides is 1. The van der Waals surface area contributed by atoms with Gasteiger partial charge >= 0.3 is 0 Å². The van der Waals surface area contributed by atoms with E-state index in [0.717, 1.165) is 29.8 Å². The largest absolute Gasteiger partial charge is 0.322 e. The number of nitrogens with zero attached hydrogens (tertiary/aromatic N) is 1. The van der Waals surface area contributed by atoms with E-state index in [-0.39, 0.29) is 5.91 Å². The highest BCUT2D eigenvalue weighted by Gasteiger charge is 2.07. The van der Waals surface area contributed by atoms with Crippen molar-refractivity contribution in [1.29, 1.82) is 0 Å². The summed E-state index contributed by atoms with van der Waals surface area (Å²) in [4.78, 5) is 14.6. The summed E-state index contributed by atoms with van der Waals surface area (Å²) in [6.45, 7) is 7.25. The topological polar surface area (TPSA) is 32.3 Å². The van der Waals surface area contributed by atoms with E-state index in [9.17, 15) is 4.79 Å². The zero-order valence-corrected chi connectivity index (χ0v) is 14.6. The third kappa shape index (κ3) is 4.68. The lowest BCUT2D eigenvalue weighted by Crippen LogP contribution is -2.22. The van der Waals surface area contributed by atoms with Crippen molar-refractivity contribution in [2.75, 3.05) is 18.4 Å². The van der Waals surface area contributed by atoms with E-state index in [1.54, 1.807) is 12.1 Å². The Labute approximate surface area is 140 Å². The summed E-state index contributed by atoms with van der Waals surface area (Å²) < 4.78 is 0.963. The molecule has 0 saturated carbocycles. The van der Waals surface area contributed by atoms with Gasteiger partial charge in [-0.2, -0.15) is 0 Å². The second-order valence-corrected chi connectivity index (χ2v) is 6.04. The molecule has 0 fully saturated rings. The van der Waals surface area contributed by atoms with Crippen molar-refractivity contribution < 1.29 is 4.79 Å². The molecular weight excluding hydrogens is 340 g/mol. The van der Waals surface area contributed by atoms with Crippen LogP contribution in [0, 0.1) is 0 Å². The van der Waals surface area contributed by atoms with Gasteiger partial charge in [-0.3, -0.25) is 9.69 Å². The number of anilines is 1. The SMILES string of the molecule is CCN(CC)Cc1cccc(NC(=O)c2ccc(Br)cc2)c1. The van der Waals surface area contributed by atoms with Crippen molar-refractivity contribution in [2.45, 2.75) is 20.4 Å². The zero-order valence-electron chi connectivity index (χ0n) is 13.0. The van der Waals surface area contributed by atoms with Crippen LogP contribution in [0.25, 0.3) is 0 Å². The third-order valence-corrected chi connectivity index (χ3v) is 4.12. The minimum absolute atomic E-state index is 0.0903. The van der Waals surface area contributed by atoms with Crippen molar-refractivity contribution in [2.24, 2.45) is 0 Å². The molecular formula is C18H21BrN2O. The number of benzene rings is 2. The normalized spacial score (nSPS) is 10.7. The fraction of sp³-hybridized carbons (Fsp3) is 0.278. The first-order chi connectivity index (χ1) is 10.6.